The zero-order valence-electron chi connectivity index (χ0n) is 18.4. The summed E-state index contributed by atoms with van der Waals surface area (Å²) in [7, 11) is 0. The Labute approximate surface area is 225 Å². The first-order valence-corrected chi connectivity index (χ1v) is 12.6. The van der Waals surface area contributed by atoms with E-state index in [9.17, 15) is 14.0 Å². The Hall–Kier alpha value is -3.17. The Morgan fingerprint density at radius 3 is 2.58 bits per heavy atom. The number of thiocarbonyl (C=S) groups is 1. The van der Waals surface area contributed by atoms with Crippen LogP contribution in [0.3, 0.4) is 0 Å². The van der Waals surface area contributed by atoms with Gasteiger partial charge in [-0.05, 0) is 54.6 Å². The van der Waals surface area contributed by atoms with Crippen LogP contribution in [0.5, 0.6) is 0 Å². The Kier molecular flexibility index (Phi) is 6.85. The summed E-state index contributed by atoms with van der Waals surface area (Å²) in [6.45, 7) is 0.0348. The van der Waals surface area contributed by atoms with Crippen molar-refractivity contribution in [1.82, 2.24) is 4.57 Å². The van der Waals surface area contributed by atoms with Crippen LogP contribution in [-0.4, -0.2) is 20.7 Å². The molecule has 1 fully saturated rings. The van der Waals surface area contributed by atoms with E-state index in [-0.39, 0.29) is 24.2 Å². The molecule has 1 N–H and O–H groups in total. The third kappa shape index (κ3) is 4.90. The van der Waals surface area contributed by atoms with Crippen molar-refractivity contribution >= 4 is 91.7 Å². The predicted molar refractivity (Wildman–Crippen MR) is 149 cm³/mol. The summed E-state index contributed by atoms with van der Waals surface area (Å²) >= 11 is 19.0. The lowest BCUT2D eigenvalue weighted by Gasteiger charge is -2.16. The zero-order valence-corrected chi connectivity index (χ0v) is 21.5. The Balaban J connectivity index is 1.44. The SMILES string of the molecule is O=C(Cn1cc(/C=C2/SC(=S)N(c3ccc(Cl)cc3Cl)C2=O)c2ccccc21)Nc1ccc(F)cc1. The van der Waals surface area contributed by atoms with Gasteiger partial charge in [-0.1, -0.05) is 65.4 Å². The number of nitrogens with one attached hydrogen (secondary N) is 1. The molecule has 1 saturated heterocycles. The van der Waals surface area contributed by atoms with Gasteiger partial charge >= 0.3 is 0 Å². The highest BCUT2D eigenvalue weighted by atomic mass is 35.5. The fourth-order valence-corrected chi connectivity index (χ4v) is 5.66. The highest BCUT2D eigenvalue weighted by Crippen LogP contribution is 2.40. The van der Waals surface area contributed by atoms with Crippen LogP contribution >= 0.6 is 47.2 Å². The summed E-state index contributed by atoms with van der Waals surface area (Å²) in [5.74, 6) is -0.935. The van der Waals surface area contributed by atoms with Gasteiger partial charge in [0.1, 0.15) is 12.4 Å². The molecule has 2 heterocycles. The minimum Gasteiger partial charge on any atom is -0.337 e. The molecule has 0 atom stereocenters. The largest absolute Gasteiger partial charge is 0.337 e. The van der Waals surface area contributed by atoms with E-state index < -0.39 is 0 Å². The number of hydrogen-bond donors (Lipinski definition) is 1. The standard InChI is InChI=1S/C26H16Cl2FN3O2S2/c27-16-5-10-22(20(28)12-16)32-25(34)23(36-26(32)35)11-15-13-31(21-4-2-1-3-19(15)21)14-24(33)30-18-8-6-17(29)7-9-18/h1-13H,14H2,(H,30,33)/b23-11+. The lowest BCUT2D eigenvalue weighted by Crippen LogP contribution is -2.27. The van der Waals surface area contributed by atoms with Crippen molar-refractivity contribution in [3.05, 3.63) is 99.3 Å². The molecule has 3 aromatic carbocycles. The number of carbonyl (C=O) groups excluding carboxylic acids is 2. The average molecular weight is 556 g/mol. The highest BCUT2D eigenvalue weighted by molar-refractivity contribution is 8.27. The number of thioether (sulfide) groups is 1. The number of halogens is 3. The molecule has 180 valence electrons. The Morgan fingerprint density at radius 1 is 1.08 bits per heavy atom. The first-order chi connectivity index (χ1) is 17.3. The molecule has 5 nitrogen and oxygen atoms in total. The van der Waals surface area contributed by atoms with Crippen molar-refractivity contribution in [2.24, 2.45) is 0 Å². The van der Waals surface area contributed by atoms with Gasteiger partial charge in [0.15, 0.2) is 4.32 Å². The van der Waals surface area contributed by atoms with Crippen molar-refractivity contribution in [3.8, 4) is 0 Å². The average Bonchev–Trinajstić information content (AvgIpc) is 3.32. The van der Waals surface area contributed by atoms with Gasteiger partial charge in [0.05, 0.1) is 15.6 Å². The third-order valence-corrected chi connectivity index (χ3v) is 7.33. The number of aromatic nitrogens is 1. The fourth-order valence-electron chi connectivity index (χ4n) is 3.89. The molecule has 0 radical (unpaired) electrons. The molecule has 0 aliphatic carbocycles. The maximum absolute atomic E-state index is 13.3. The van der Waals surface area contributed by atoms with Crippen LogP contribution < -0.4 is 10.2 Å². The van der Waals surface area contributed by atoms with Crippen molar-refractivity contribution < 1.29 is 14.0 Å². The number of anilines is 2. The second-order valence-electron chi connectivity index (χ2n) is 7.90. The summed E-state index contributed by atoms with van der Waals surface area (Å²) in [6, 6.07) is 18.0. The number of hydrogen-bond acceptors (Lipinski definition) is 4. The van der Waals surface area contributed by atoms with Crippen molar-refractivity contribution in [2.45, 2.75) is 6.54 Å². The number of benzene rings is 3. The van der Waals surface area contributed by atoms with Gasteiger partial charge in [-0.3, -0.25) is 14.5 Å². The predicted octanol–water partition coefficient (Wildman–Crippen LogP) is 7.13. The first-order valence-electron chi connectivity index (χ1n) is 10.7. The van der Waals surface area contributed by atoms with E-state index in [0.717, 1.165) is 16.5 Å². The van der Waals surface area contributed by atoms with E-state index in [1.165, 1.54) is 40.9 Å². The maximum Gasteiger partial charge on any atom is 0.270 e. The number of rotatable bonds is 5. The van der Waals surface area contributed by atoms with E-state index in [1.54, 1.807) is 28.8 Å². The van der Waals surface area contributed by atoms with Gasteiger partial charge in [0.2, 0.25) is 5.91 Å². The number of carbonyl (C=O) groups is 2. The molecular formula is C26H16Cl2FN3O2S2. The monoisotopic (exact) mass is 555 g/mol. The topological polar surface area (TPSA) is 54.3 Å². The summed E-state index contributed by atoms with van der Waals surface area (Å²) in [4.78, 5) is 27.8. The van der Waals surface area contributed by atoms with Crippen LogP contribution in [0.4, 0.5) is 15.8 Å². The van der Waals surface area contributed by atoms with Crippen molar-refractivity contribution in [3.63, 3.8) is 0 Å². The van der Waals surface area contributed by atoms with Gasteiger partial charge in [-0.15, -0.1) is 0 Å². The normalized spacial score (nSPS) is 14.8. The van der Waals surface area contributed by atoms with Gasteiger partial charge < -0.3 is 9.88 Å². The summed E-state index contributed by atoms with van der Waals surface area (Å²) < 4.78 is 15.3. The molecular weight excluding hydrogens is 540 g/mol. The zero-order chi connectivity index (χ0) is 25.4. The minimum absolute atomic E-state index is 0.0348. The quantitative estimate of drug-likeness (QED) is 0.210. The van der Waals surface area contributed by atoms with E-state index in [2.05, 4.69) is 5.32 Å². The second-order valence-corrected chi connectivity index (χ2v) is 10.4. The molecule has 1 aliphatic heterocycles. The number of amides is 2. The molecule has 2 amide bonds. The van der Waals surface area contributed by atoms with Crippen LogP contribution in [0.25, 0.3) is 17.0 Å². The second kappa shape index (κ2) is 10.1. The van der Waals surface area contributed by atoms with Crippen molar-refractivity contribution in [1.29, 1.82) is 0 Å². The molecule has 5 rings (SSSR count). The molecule has 0 saturated carbocycles. The van der Waals surface area contributed by atoms with Crippen LogP contribution in [0.2, 0.25) is 10.0 Å². The maximum atomic E-state index is 13.3. The summed E-state index contributed by atoms with van der Waals surface area (Å²) in [5, 5.41) is 4.42. The number of fused-ring (bicyclic) bond motifs is 1. The van der Waals surface area contributed by atoms with Gasteiger partial charge in [0, 0.05) is 33.4 Å². The molecule has 36 heavy (non-hydrogen) atoms. The molecule has 0 bridgehead atoms. The molecule has 1 aromatic heterocycles. The number of para-hydroxylation sites is 1. The van der Waals surface area contributed by atoms with Crippen LogP contribution in [0.1, 0.15) is 5.56 Å². The Bertz CT molecular complexity index is 1570. The lowest BCUT2D eigenvalue weighted by atomic mass is 10.1. The van der Waals surface area contributed by atoms with E-state index in [4.69, 9.17) is 35.4 Å². The molecule has 0 spiro atoms. The first kappa shape index (κ1) is 24.5. The molecule has 10 heteroatoms. The van der Waals surface area contributed by atoms with Gasteiger partial charge in [-0.25, -0.2) is 4.39 Å². The van der Waals surface area contributed by atoms with Crippen molar-refractivity contribution in [2.75, 3.05) is 10.2 Å². The molecule has 1 aliphatic rings. The summed E-state index contributed by atoms with van der Waals surface area (Å²) in [6.07, 6.45) is 3.58. The minimum atomic E-state index is -0.377. The highest BCUT2D eigenvalue weighted by Gasteiger charge is 2.34. The van der Waals surface area contributed by atoms with Gasteiger partial charge in [0.25, 0.3) is 5.91 Å². The van der Waals surface area contributed by atoms with Crippen LogP contribution in [0, 0.1) is 5.82 Å². The smallest absolute Gasteiger partial charge is 0.270 e. The molecule has 0 unspecified atom stereocenters. The van der Waals surface area contributed by atoms with E-state index in [1.807, 2.05) is 30.5 Å². The van der Waals surface area contributed by atoms with E-state index in [0.29, 0.717) is 30.6 Å². The lowest BCUT2D eigenvalue weighted by molar-refractivity contribution is -0.116. The summed E-state index contributed by atoms with van der Waals surface area (Å²) in [5.41, 5.74) is 2.56. The van der Waals surface area contributed by atoms with Crippen LogP contribution in [0.15, 0.2) is 77.8 Å². The van der Waals surface area contributed by atoms with E-state index >= 15 is 0 Å². The van der Waals surface area contributed by atoms with Gasteiger partial charge in [-0.2, -0.15) is 0 Å². The van der Waals surface area contributed by atoms with Crippen LogP contribution in [-0.2, 0) is 16.1 Å². The Morgan fingerprint density at radius 2 is 1.83 bits per heavy atom. The third-order valence-electron chi connectivity index (χ3n) is 5.49. The number of nitrogens with zero attached hydrogens (tertiary/aromatic N) is 2. The fraction of sp³-hybridized carbons (Fsp3) is 0.0385. The molecule has 4 aromatic rings.